The molecule has 3 rings (SSSR count). The third kappa shape index (κ3) is 5.56. The van der Waals surface area contributed by atoms with E-state index in [0.29, 0.717) is 22.9 Å². The molecule has 2 N–H and O–H groups in total. The third-order valence-electron chi connectivity index (χ3n) is 4.06. The van der Waals surface area contributed by atoms with Gasteiger partial charge in [0.25, 0.3) is 0 Å². The summed E-state index contributed by atoms with van der Waals surface area (Å²) in [5.74, 6) is -0.778. The van der Waals surface area contributed by atoms with E-state index in [1.54, 1.807) is 29.6 Å². The van der Waals surface area contributed by atoms with Crippen LogP contribution in [-0.2, 0) is 16.0 Å². The molecule has 0 radical (unpaired) electrons. The van der Waals surface area contributed by atoms with E-state index in [0.717, 1.165) is 16.3 Å². The lowest BCUT2D eigenvalue weighted by Crippen LogP contribution is -2.34. The van der Waals surface area contributed by atoms with Gasteiger partial charge < -0.3 is 15.2 Å². The minimum absolute atomic E-state index is 0.00903. The van der Waals surface area contributed by atoms with E-state index in [1.807, 2.05) is 31.2 Å². The van der Waals surface area contributed by atoms with Crippen LogP contribution in [0.3, 0.4) is 0 Å². The van der Waals surface area contributed by atoms with Crippen molar-refractivity contribution in [2.24, 2.45) is 0 Å². The number of halogens is 1. The van der Waals surface area contributed by atoms with E-state index in [1.165, 1.54) is 11.3 Å². The summed E-state index contributed by atoms with van der Waals surface area (Å²) in [6.45, 7) is 2.52. The van der Waals surface area contributed by atoms with Gasteiger partial charge in [0.05, 0.1) is 18.7 Å². The fraction of sp³-hybridized carbons (Fsp3) is 0.190. The summed E-state index contributed by atoms with van der Waals surface area (Å²) in [6, 6.07) is 12.7. The van der Waals surface area contributed by atoms with Crippen molar-refractivity contribution in [2.75, 3.05) is 6.61 Å². The van der Waals surface area contributed by atoms with E-state index in [4.69, 9.17) is 16.3 Å². The molecular weight excluding hydrogens is 412 g/mol. The lowest BCUT2D eigenvalue weighted by Gasteiger charge is -2.14. The molecule has 0 saturated carbocycles. The first-order valence-electron chi connectivity index (χ1n) is 8.91. The highest BCUT2D eigenvalue weighted by atomic mass is 35.5. The van der Waals surface area contributed by atoms with Crippen molar-refractivity contribution in [2.45, 2.75) is 19.4 Å². The second-order valence-corrected chi connectivity index (χ2v) is 7.46. The van der Waals surface area contributed by atoms with Crippen LogP contribution in [0.1, 0.15) is 24.2 Å². The maximum absolute atomic E-state index is 12.4. The number of ether oxygens (including phenoxy) is 1. The largest absolute Gasteiger partial charge is 0.494 e. The lowest BCUT2D eigenvalue weighted by atomic mass is 10.1. The molecule has 0 bridgehead atoms. The Morgan fingerprint density at radius 1 is 1.17 bits per heavy atom. The Labute approximate surface area is 177 Å². The number of aromatic nitrogens is 1. The number of aliphatic carboxylic acids is 1. The van der Waals surface area contributed by atoms with Gasteiger partial charge in [0.15, 0.2) is 6.04 Å². The molecule has 0 aliphatic carbocycles. The number of carboxylic acids is 1. The molecule has 3 aromatic rings. The predicted molar refractivity (Wildman–Crippen MR) is 112 cm³/mol. The first-order valence-corrected chi connectivity index (χ1v) is 10.2. The number of hydrogen-bond donors (Lipinski definition) is 2. The summed E-state index contributed by atoms with van der Waals surface area (Å²) < 4.78 is 5.43. The van der Waals surface area contributed by atoms with Crippen molar-refractivity contribution in [3.05, 3.63) is 70.2 Å². The van der Waals surface area contributed by atoms with Crippen molar-refractivity contribution < 1.29 is 19.4 Å². The molecule has 1 unspecified atom stereocenters. The number of benzene rings is 2. The Bertz CT molecular complexity index is 987. The molecule has 0 fully saturated rings. The minimum Gasteiger partial charge on any atom is -0.494 e. The molecule has 8 heteroatoms. The molecule has 1 heterocycles. The number of carbonyl (C=O) groups excluding carboxylic acids is 1. The van der Waals surface area contributed by atoms with Crippen LogP contribution in [0.15, 0.2) is 53.9 Å². The van der Waals surface area contributed by atoms with E-state index >= 15 is 0 Å². The van der Waals surface area contributed by atoms with Gasteiger partial charge in [0, 0.05) is 16.0 Å². The van der Waals surface area contributed by atoms with E-state index in [9.17, 15) is 14.7 Å². The molecular formula is C21H19ClN2O4S. The molecule has 150 valence electrons. The maximum Gasteiger partial charge on any atom is 0.330 e. The second-order valence-electron chi connectivity index (χ2n) is 6.17. The molecule has 0 aliphatic rings. The van der Waals surface area contributed by atoms with Gasteiger partial charge in [0.2, 0.25) is 5.91 Å². The summed E-state index contributed by atoms with van der Waals surface area (Å²) in [4.78, 5) is 28.4. The SMILES string of the molecule is CCOc1ccc(-c2nc(CC(=O)NC(C(=O)O)c3ccc(Cl)cc3)cs2)cc1. The number of carboxylic acid groups (broad SMARTS) is 1. The summed E-state index contributed by atoms with van der Waals surface area (Å²) in [5.41, 5.74) is 1.95. The van der Waals surface area contributed by atoms with Crippen molar-refractivity contribution in [1.29, 1.82) is 0 Å². The quantitative estimate of drug-likeness (QED) is 0.554. The van der Waals surface area contributed by atoms with Crippen molar-refractivity contribution >= 4 is 34.8 Å². The van der Waals surface area contributed by atoms with Gasteiger partial charge in [-0.1, -0.05) is 23.7 Å². The van der Waals surface area contributed by atoms with Gasteiger partial charge in [-0.25, -0.2) is 9.78 Å². The summed E-state index contributed by atoms with van der Waals surface area (Å²) in [7, 11) is 0. The summed E-state index contributed by atoms with van der Waals surface area (Å²) in [5, 5.41) is 15.1. The monoisotopic (exact) mass is 430 g/mol. The van der Waals surface area contributed by atoms with Gasteiger partial charge in [-0.05, 0) is 48.9 Å². The van der Waals surface area contributed by atoms with Crippen LogP contribution in [0.4, 0.5) is 0 Å². The van der Waals surface area contributed by atoms with Crippen LogP contribution in [0.2, 0.25) is 5.02 Å². The number of thiazole rings is 1. The number of hydrogen-bond acceptors (Lipinski definition) is 5. The van der Waals surface area contributed by atoms with Crippen molar-refractivity contribution in [3.63, 3.8) is 0 Å². The molecule has 0 spiro atoms. The normalized spacial score (nSPS) is 11.7. The maximum atomic E-state index is 12.4. The Balaban J connectivity index is 1.66. The van der Waals surface area contributed by atoms with Crippen LogP contribution < -0.4 is 10.1 Å². The van der Waals surface area contributed by atoms with Crippen LogP contribution in [0.25, 0.3) is 10.6 Å². The van der Waals surface area contributed by atoms with Crippen molar-refractivity contribution in [3.8, 4) is 16.3 Å². The Morgan fingerprint density at radius 3 is 2.48 bits per heavy atom. The van der Waals surface area contributed by atoms with E-state index in [2.05, 4.69) is 10.3 Å². The molecule has 1 atom stereocenters. The number of nitrogens with one attached hydrogen (secondary N) is 1. The number of amides is 1. The molecule has 6 nitrogen and oxygen atoms in total. The fourth-order valence-electron chi connectivity index (χ4n) is 2.70. The van der Waals surface area contributed by atoms with Crippen LogP contribution >= 0.6 is 22.9 Å². The van der Waals surface area contributed by atoms with Gasteiger partial charge in [-0.2, -0.15) is 0 Å². The van der Waals surface area contributed by atoms with Gasteiger partial charge in [-0.15, -0.1) is 11.3 Å². The summed E-state index contributed by atoms with van der Waals surface area (Å²) in [6.07, 6.45) is -0.00903. The number of rotatable bonds is 8. The van der Waals surface area contributed by atoms with Crippen LogP contribution in [0, 0.1) is 0 Å². The zero-order chi connectivity index (χ0) is 20.8. The zero-order valence-electron chi connectivity index (χ0n) is 15.6. The molecule has 0 saturated heterocycles. The average Bonchev–Trinajstić information content (AvgIpc) is 3.16. The smallest absolute Gasteiger partial charge is 0.330 e. The highest BCUT2D eigenvalue weighted by molar-refractivity contribution is 7.13. The standard InChI is InChI=1S/C21H19ClN2O4S/c1-2-28-17-9-5-14(6-10-17)20-23-16(12-29-20)11-18(25)24-19(21(26)27)13-3-7-15(22)8-4-13/h3-10,12,19H,2,11H2,1H3,(H,24,25)(H,26,27). The molecule has 0 aliphatic heterocycles. The first kappa shape index (κ1) is 20.8. The lowest BCUT2D eigenvalue weighted by molar-refractivity contribution is -0.142. The Morgan fingerprint density at radius 2 is 1.86 bits per heavy atom. The topological polar surface area (TPSA) is 88.5 Å². The van der Waals surface area contributed by atoms with Gasteiger partial charge in [-0.3, -0.25) is 4.79 Å². The zero-order valence-corrected chi connectivity index (χ0v) is 17.2. The average molecular weight is 431 g/mol. The van der Waals surface area contributed by atoms with E-state index in [-0.39, 0.29) is 6.42 Å². The second kappa shape index (κ2) is 9.54. The highest BCUT2D eigenvalue weighted by Crippen LogP contribution is 2.26. The first-order chi connectivity index (χ1) is 14.0. The highest BCUT2D eigenvalue weighted by Gasteiger charge is 2.22. The van der Waals surface area contributed by atoms with Crippen LogP contribution in [0.5, 0.6) is 5.75 Å². The number of carbonyl (C=O) groups is 2. The number of nitrogens with zero attached hydrogens (tertiary/aromatic N) is 1. The van der Waals surface area contributed by atoms with E-state index < -0.39 is 17.9 Å². The third-order valence-corrected chi connectivity index (χ3v) is 5.25. The predicted octanol–water partition coefficient (Wildman–Crippen LogP) is 4.35. The molecule has 1 aromatic heterocycles. The Kier molecular flexibility index (Phi) is 6.85. The minimum atomic E-state index is -1.15. The fourth-order valence-corrected chi connectivity index (χ4v) is 3.65. The van der Waals surface area contributed by atoms with Gasteiger partial charge >= 0.3 is 5.97 Å². The molecule has 29 heavy (non-hydrogen) atoms. The van der Waals surface area contributed by atoms with Crippen LogP contribution in [-0.4, -0.2) is 28.6 Å². The Hall–Kier alpha value is -2.90. The molecule has 1 amide bonds. The molecule has 2 aromatic carbocycles. The van der Waals surface area contributed by atoms with Gasteiger partial charge in [0.1, 0.15) is 10.8 Å². The van der Waals surface area contributed by atoms with Crippen molar-refractivity contribution in [1.82, 2.24) is 10.3 Å². The summed E-state index contributed by atoms with van der Waals surface area (Å²) >= 11 is 7.26.